The average Bonchev–Trinajstić information content (AvgIpc) is 3.15. The second kappa shape index (κ2) is 6.21. The number of nitrogen functional groups attached to an aromatic ring is 1. The number of hydrogen-bond donors (Lipinski definition) is 1. The van der Waals surface area contributed by atoms with Gasteiger partial charge in [-0.2, -0.15) is 5.26 Å². The number of rotatable bonds is 3. The Kier molecular flexibility index (Phi) is 3.86. The zero-order chi connectivity index (χ0) is 18.3. The quantitative estimate of drug-likeness (QED) is 0.758. The van der Waals surface area contributed by atoms with Crippen LogP contribution in [-0.2, 0) is 11.3 Å². The predicted molar refractivity (Wildman–Crippen MR) is 94.6 cm³/mol. The van der Waals surface area contributed by atoms with Gasteiger partial charge in [0.25, 0.3) is 0 Å². The van der Waals surface area contributed by atoms with Crippen LogP contribution in [-0.4, -0.2) is 4.57 Å². The Morgan fingerprint density at radius 2 is 2.04 bits per heavy atom. The van der Waals surface area contributed by atoms with Crippen LogP contribution in [0.3, 0.4) is 0 Å². The minimum Gasteiger partial charge on any atom is -0.454 e. The molecule has 26 heavy (non-hydrogen) atoms. The molecule has 1 aliphatic rings. The minimum absolute atomic E-state index is 0.111. The fourth-order valence-electron chi connectivity index (χ4n) is 3.26. The van der Waals surface area contributed by atoms with E-state index in [1.165, 1.54) is 6.07 Å². The highest BCUT2D eigenvalue weighted by Gasteiger charge is 2.31. The third kappa shape index (κ3) is 2.50. The summed E-state index contributed by atoms with van der Waals surface area (Å²) in [5.41, 5.74) is 8.88. The maximum Gasteiger partial charge on any atom is 0.167 e. The molecule has 0 saturated heterocycles. The molecule has 0 spiro atoms. The summed E-state index contributed by atoms with van der Waals surface area (Å²) in [6, 6.07) is 15.7. The van der Waals surface area contributed by atoms with Crippen LogP contribution in [0.4, 0.5) is 10.1 Å². The number of halogens is 1. The van der Waals surface area contributed by atoms with Crippen LogP contribution < -0.4 is 10.5 Å². The van der Waals surface area contributed by atoms with E-state index in [1.807, 2.05) is 25.1 Å². The Hall–Kier alpha value is -3.30. The first kappa shape index (κ1) is 16.2. The number of aromatic nitrogens is 1. The van der Waals surface area contributed by atoms with E-state index in [4.69, 9.17) is 15.2 Å². The molecule has 0 aliphatic carbocycles. The van der Waals surface area contributed by atoms with Crippen molar-refractivity contribution in [3.05, 3.63) is 71.3 Å². The molecule has 0 fully saturated rings. The summed E-state index contributed by atoms with van der Waals surface area (Å²) >= 11 is 0. The summed E-state index contributed by atoms with van der Waals surface area (Å²) < 4.78 is 27.4. The van der Waals surface area contributed by atoms with Crippen molar-refractivity contribution in [2.24, 2.45) is 0 Å². The van der Waals surface area contributed by atoms with Crippen LogP contribution in [0.2, 0.25) is 0 Å². The zero-order valence-corrected chi connectivity index (χ0v) is 14.1. The number of hydrogen-bond acceptors (Lipinski definition) is 4. The minimum atomic E-state index is -0.525. The van der Waals surface area contributed by atoms with Gasteiger partial charge in [-0.3, -0.25) is 0 Å². The molecule has 0 amide bonds. The molecule has 4 rings (SSSR count). The van der Waals surface area contributed by atoms with Gasteiger partial charge in [0.05, 0.1) is 24.1 Å². The van der Waals surface area contributed by atoms with Gasteiger partial charge in [-0.15, -0.1) is 0 Å². The van der Waals surface area contributed by atoms with Gasteiger partial charge in [0, 0.05) is 17.3 Å². The summed E-state index contributed by atoms with van der Waals surface area (Å²) in [6.07, 6.45) is -0.191. The van der Waals surface area contributed by atoms with Crippen LogP contribution in [0, 0.1) is 17.1 Å². The average molecular weight is 349 g/mol. The first-order valence-electron chi connectivity index (χ1n) is 8.17. The lowest BCUT2D eigenvalue weighted by Crippen LogP contribution is -2.04. The monoisotopic (exact) mass is 349 g/mol. The van der Waals surface area contributed by atoms with Crippen LogP contribution in [0.1, 0.15) is 30.0 Å². The molecule has 2 heterocycles. The lowest BCUT2D eigenvalue weighted by molar-refractivity contribution is 0.0778. The normalized spacial score (nSPS) is 15.5. The van der Waals surface area contributed by atoms with E-state index in [1.54, 1.807) is 28.8 Å². The van der Waals surface area contributed by atoms with E-state index in [0.717, 1.165) is 11.3 Å². The number of nitriles is 1. The number of nitrogens with two attached hydrogens (primary N) is 1. The van der Waals surface area contributed by atoms with Crippen LogP contribution in [0.15, 0.2) is 48.5 Å². The van der Waals surface area contributed by atoms with Crippen molar-refractivity contribution >= 4 is 5.69 Å². The number of ether oxygens (including phenoxy) is 2. The number of para-hydroxylation sites is 1. The fraction of sp³-hybridized carbons (Fsp3) is 0.150. The first-order valence-corrected chi connectivity index (χ1v) is 8.17. The topological polar surface area (TPSA) is 73.2 Å². The van der Waals surface area contributed by atoms with Crippen molar-refractivity contribution in [2.45, 2.75) is 19.6 Å². The molecule has 0 bridgehead atoms. The van der Waals surface area contributed by atoms with Crippen molar-refractivity contribution in [3.63, 3.8) is 0 Å². The molecule has 2 N–H and O–H groups in total. The van der Waals surface area contributed by atoms with Gasteiger partial charge in [-0.25, -0.2) is 4.39 Å². The molecule has 0 radical (unpaired) electrons. The van der Waals surface area contributed by atoms with Crippen molar-refractivity contribution in [1.82, 2.24) is 4.57 Å². The Labute approximate surface area is 150 Å². The molecule has 0 saturated carbocycles. The fourth-order valence-corrected chi connectivity index (χ4v) is 3.26. The molecular weight excluding hydrogens is 333 g/mol. The van der Waals surface area contributed by atoms with Gasteiger partial charge in [-0.1, -0.05) is 18.2 Å². The van der Waals surface area contributed by atoms with Gasteiger partial charge in [-0.05, 0) is 31.2 Å². The Bertz CT molecular complexity index is 1020. The smallest absolute Gasteiger partial charge is 0.167 e. The molecule has 3 aromatic rings. The number of benzene rings is 2. The molecule has 1 aliphatic heterocycles. The van der Waals surface area contributed by atoms with E-state index in [0.29, 0.717) is 29.4 Å². The SMILES string of the molecule is CC1OCc2c1c(N)c(C#N)n2-c1ccc(Oc2ccccc2)c(F)c1. The lowest BCUT2D eigenvalue weighted by atomic mass is 10.1. The molecule has 5 nitrogen and oxygen atoms in total. The van der Waals surface area contributed by atoms with Gasteiger partial charge >= 0.3 is 0 Å². The molecule has 1 aromatic heterocycles. The Balaban J connectivity index is 1.77. The third-order valence-corrected chi connectivity index (χ3v) is 4.48. The summed E-state index contributed by atoms with van der Waals surface area (Å²) in [5, 5.41) is 9.51. The standard InChI is InChI=1S/C20H16FN3O2/c1-12-19-17(11-25-12)24(16(10-22)20(19)23)13-7-8-18(15(21)9-13)26-14-5-3-2-4-6-14/h2-9,12H,11,23H2,1H3. The van der Waals surface area contributed by atoms with Crippen LogP contribution in [0.5, 0.6) is 11.5 Å². The van der Waals surface area contributed by atoms with Gasteiger partial charge in [0.2, 0.25) is 0 Å². The molecule has 1 atom stereocenters. The number of anilines is 1. The summed E-state index contributed by atoms with van der Waals surface area (Å²) in [4.78, 5) is 0. The van der Waals surface area contributed by atoms with Crippen molar-refractivity contribution in [3.8, 4) is 23.3 Å². The highest BCUT2D eigenvalue weighted by Crippen LogP contribution is 2.40. The summed E-state index contributed by atoms with van der Waals surface area (Å²) in [7, 11) is 0. The summed E-state index contributed by atoms with van der Waals surface area (Å²) in [5.74, 6) is 0.133. The second-order valence-corrected chi connectivity index (χ2v) is 6.05. The van der Waals surface area contributed by atoms with Crippen molar-refractivity contribution in [1.29, 1.82) is 5.26 Å². The highest BCUT2D eigenvalue weighted by molar-refractivity contribution is 5.65. The predicted octanol–water partition coefficient (Wildman–Crippen LogP) is 4.45. The molecule has 130 valence electrons. The maximum absolute atomic E-state index is 14.6. The van der Waals surface area contributed by atoms with Crippen LogP contribution in [0.25, 0.3) is 5.69 Å². The first-order chi connectivity index (χ1) is 12.6. The van der Waals surface area contributed by atoms with Crippen molar-refractivity contribution in [2.75, 3.05) is 5.73 Å². The number of nitrogens with zero attached hydrogens (tertiary/aromatic N) is 2. The molecule has 2 aromatic carbocycles. The lowest BCUT2D eigenvalue weighted by Gasteiger charge is -2.12. The van der Waals surface area contributed by atoms with Gasteiger partial charge in [0.1, 0.15) is 17.5 Å². The molecule has 6 heteroatoms. The highest BCUT2D eigenvalue weighted by atomic mass is 19.1. The second-order valence-electron chi connectivity index (χ2n) is 6.05. The molecular formula is C20H16FN3O2. The Morgan fingerprint density at radius 3 is 2.73 bits per heavy atom. The largest absolute Gasteiger partial charge is 0.454 e. The maximum atomic E-state index is 14.6. The van der Waals surface area contributed by atoms with E-state index >= 15 is 0 Å². The van der Waals surface area contributed by atoms with E-state index < -0.39 is 5.82 Å². The van der Waals surface area contributed by atoms with E-state index in [2.05, 4.69) is 6.07 Å². The van der Waals surface area contributed by atoms with Crippen molar-refractivity contribution < 1.29 is 13.9 Å². The van der Waals surface area contributed by atoms with Gasteiger partial charge < -0.3 is 19.8 Å². The zero-order valence-electron chi connectivity index (χ0n) is 14.1. The van der Waals surface area contributed by atoms with Gasteiger partial charge in [0.15, 0.2) is 11.6 Å². The number of fused-ring (bicyclic) bond motifs is 1. The van der Waals surface area contributed by atoms with E-state index in [-0.39, 0.29) is 11.9 Å². The van der Waals surface area contributed by atoms with Crippen LogP contribution >= 0.6 is 0 Å². The Morgan fingerprint density at radius 1 is 1.27 bits per heavy atom. The van der Waals surface area contributed by atoms with E-state index in [9.17, 15) is 9.65 Å². The molecule has 1 unspecified atom stereocenters. The summed E-state index contributed by atoms with van der Waals surface area (Å²) in [6.45, 7) is 2.21. The third-order valence-electron chi connectivity index (χ3n) is 4.48.